The molecule has 2 aliphatic heterocycles. The molecule has 0 aromatic carbocycles. The fraction of sp³-hybridized carbons (Fsp3) is 0.933. The minimum absolute atomic E-state index is 0.0358. The molecular weight excluding hydrogens is 318 g/mol. The van der Waals surface area contributed by atoms with E-state index in [-0.39, 0.29) is 11.9 Å². The second-order valence-electron chi connectivity index (χ2n) is 6.54. The quantitative estimate of drug-likeness (QED) is 0.733. The number of sulfonamides is 1. The van der Waals surface area contributed by atoms with Crippen LogP contribution in [0.4, 0.5) is 0 Å². The average molecular weight is 347 g/mol. The zero-order valence-electron chi connectivity index (χ0n) is 14.2. The van der Waals surface area contributed by atoms with Gasteiger partial charge in [-0.1, -0.05) is 6.42 Å². The van der Waals surface area contributed by atoms with E-state index in [0.717, 1.165) is 52.1 Å². The number of hydrogen-bond acceptors (Lipinski definition) is 5. The van der Waals surface area contributed by atoms with Crippen LogP contribution >= 0.6 is 0 Å². The van der Waals surface area contributed by atoms with Crippen molar-refractivity contribution < 1.29 is 17.9 Å². The summed E-state index contributed by atoms with van der Waals surface area (Å²) in [4.78, 5) is 14.8. The van der Waals surface area contributed by atoms with Gasteiger partial charge in [0.1, 0.15) is 6.04 Å². The highest BCUT2D eigenvalue weighted by Crippen LogP contribution is 2.20. The Morgan fingerprint density at radius 2 is 1.96 bits per heavy atom. The third-order valence-electron chi connectivity index (χ3n) is 4.55. The standard InChI is InChI=1S/C15H29N3O4S/c1-13(6-8-17-9-11-22-12-10-17)16-15(19)14-5-3-4-7-18(14)23(2,20)21/h13-14H,3-12H2,1-2H3,(H,16,19)/t13-,14+/m0/s1. The highest BCUT2D eigenvalue weighted by molar-refractivity contribution is 7.88. The summed E-state index contributed by atoms with van der Waals surface area (Å²) in [7, 11) is -3.33. The number of carbonyl (C=O) groups excluding carboxylic acids is 1. The lowest BCUT2D eigenvalue weighted by Crippen LogP contribution is -2.53. The number of hydrogen-bond donors (Lipinski definition) is 1. The summed E-state index contributed by atoms with van der Waals surface area (Å²) in [5.74, 6) is -0.162. The molecular formula is C15H29N3O4S. The van der Waals surface area contributed by atoms with Crippen molar-refractivity contribution in [1.82, 2.24) is 14.5 Å². The van der Waals surface area contributed by atoms with E-state index in [9.17, 15) is 13.2 Å². The minimum atomic E-state index is -3.33. The second-order valence-corrected chi connectivity index (χ2v) is 8.47. The van der Waals surface area contributed by atoms with Crippen molar-refractivity contribution in [3.8, 4) is 0 Å². The predicted octanol–water partition coefficient (Wildman–Crippen LogP) is 0.0275. The van der Waals surface area contributed by atoms with Crippen LogP contribution in [0.5, 0.6) is 0 Å². The normalized spacial score (nSPS) is 25.9. The van der Waals surface area contributed by atoms with Gasteiger partial charge in [0, 0.05) is 32.2 Å². The Labute approximate surface area is 139 Å². The van der Waals surface area contributed by atoms with Crippen molar-refractivity contribution in [3.63, 3.8) is 0 Å². The van der Waals surface area contributed by atoms with Gasteiger partial charge < -0.3 is 10.1 Å². The molecule has 2 atom stereocenters. The Balaban J connectivity index is 1.81. The van der Waals surface area contributed by atoms with Crippen molar-refractivity contribution in [2.45, 2.75) is 44.7 Å². The van der Waals surface area contributed by atoms with Gasteiger partial charge in [-0.15, -0.1) is 0 Å². The molecule has 2 heterocycles. The first-order chi connectivity index (χ1) is 10.9. The molecule has 0 spiro atoms. The summed E-state index contributed by atoms with van der Waals surface area (Å²) < 4.78 is 30.4. The number of carbonyl (C=O) groups is 1. The van der Waals surface area contributed by atoms with Crippen molar-refractivity contribution in [2.24, 2.45) is 0 Å². The Bertz CT molecular complexity index is 491. The molecule has 2 aliphatic rings. The largest absolute Gasteiger partial charge is 0.379 e. The molecule has 8 heteroatoms. The first-order valence-electron chi connectivity index (χ1n) is 8.45. The summed E-state index contributed by atoms with van der Waals surface area (Å²) in [5, 5.41) is 2.99. The van der Waals surface area contributed by atoms with Gasteiger partial charge >= 0.3 is 0 Å². The molecule has 1 amide bonds. The molecule has 2 fully saturated rings. The zero-order chi connectivity index (χ0) is 16.9. The lowest BCUT2D eigenvalue weighted by atomic mass is 10.0. The average Bonchev–Trinajstić information content (AvgIpc) is 2.53. The molecule has 0 bridgehead atoms. The van der Waals surface area contributed by atoms with E-state index in [1.54, 1.807) is 0 Å². The number of morpholine rings is 1. The van der Waals surface area contributed by atoms with E-state index in [0.29, 0.717) is 13.0 Å². The Kier molecular flexibility index (Phi) is 6.82. The molecule has 2 rings (SSSR count). The molecule has 1 N–H and O–H groups in total. The third-order valence-corrected chi connectivity index (χ3v) is 5.84. The maximum absolute atomic E-state index is 12.5. The summed E-state index contributed by atoms with van der Waals surface area (Å²) in [5.41, 5.74) is 0. The maximum atomic E-state index is 12.5. The lowest BCUT2D eigenvalue weighted by molar-refractivity contribution is -0.126. The van der Waals surface area contributed by atoms with Crippen LogP contribution < -0.4 is 5.32 Å². The van der Waals surface area contributed by atoms with Crippen molar-refractivity contribution in [2.75, 3.05) is 45.6 Å². The highest BCUT2D eigenvalue weighted by atomic mass is 32.2. The molecule has 0 saturated carbocycles. The van der Waals surface area contributed by atoms with E-state index in [2.05, 4.69) is 10.2 Å². The number of nitrogens with one attached hydrogen (secondary N) is 1. The van der Waals surface area contributed by atoms with Crippen LogP contribution in [0.25, 0.3) is 0 Å². The van der Waals surface area contributed by atoms with Crippen molar-refractivity contribution >= 4 is 15.9 Å². The van der Waals surface area contributed by atoms with Crippen LogP contribution in [0.2, 0.25) is 0 Å². The summed E-state index contributed by atoms with van der Waals surface area (Å²) in [6.07, 6.45) is 4.36. The van der Waals surface area contributed by atoms with Gasteiger partial charge in [-0.25, -0.2) is 8.42 Å². The summed E-state index contributed by atoms with van der Waals surface area (Å²) in [6.45, 7) is 6.75. The van der Waals surface area contributed by atoms with E-state index in [4.69, 9.17) is 4.74 Å². The smallest absolute Gasteiger partial charge is 0.238 e. The van der Waals surface area contributed by atoms with Gasteiger partial charge in [0.15, 0.2) is 0 Å². The second kappa shape index (κ2) is 8.41. The molecule has 23 heavy (non-hydrogen) atoms. The van der Waals surface area contributed by atoms with Gasteiger partial charge in [-0.3, -0.25) is 9.69 Å². The molecule has 0 aliphatic carbocycles. The van der Waals surface area contributed by atoms with Crippen LogP contribution in [0.3, 0.4) is 0 Å². The van der Waals surface area contributed by atoms with Crippen LogP contribution in [0, 0.1) is 0 Å². The van der Waals surface area contributed by atoms with Gasteiger partial charge in [-0.05, 0) is 26.2 Å². The maximum Gasteiger partial charge on any atom is 0.238 e. The fourth-order valence-electron chi connectivity index (χ4n) is 3.18. The number of nitrogens with zero attached hydrogens (tertiary/aromatic N) is 2. The van der Waals surface area contributed by atoms with Crippen LogP contribution in [-0.2, 0) is 19.6 Å². The topological polar surface area (TPSA) is 79.0 Å². The highest BCUT2D eigenvalue weighted by Gasteiger charge is 2.34. The number of amides is 1. The molecule has 7 nitrogen and oxygen atoms in total. The summed E-state index contributed by atoms with van der Waals surface area (Å²) in [6, 6.07) is -0.515. The monoisotopic (exact) mass is 347 g/mol. The first kappa shape index (κ1) is 18.6. The number of ether oxygens (including phenoxy) is 1. The Morgan fingerprint density at radius 1 is 1.26 bits per heavy atom. The third kappa shape index (κ3) is 5.70. The Hall–Kier alpha value is -0.700. The first-order valence-corrected chi connectivity index (χ1v) is 10.3. The molecule has 134 valence electrons. The van der Waals surface area contributed by atoms with Crippen LogP contribution in [0.15, 0.2) is 0 Å². The predicted molar refractivity (Wildman–Crippen MR) is 88.7 cm³/mol. The zero-order valence-corrected chi connectivity index (χ0v) is 15.0. The van der Waals surface area contributed by atoms with Crippen LogP contribution in [-0.4, -0.2) is 81.3 Å². The summed E-state index contributed by atoms with van der Waals surface area (Å²) >= 11 is 0. The van der Waals surface area contributed by atoms with Gasteiger partial charge in [0.25, 0.3) is 0 Å². The molecule has 0 aromatic rings. The minimum Gasteiger partial charge on any atom is -0.379 e. The molecule has 0 unspecified atom stereocenters. The Morgan fingerprint density at radius 3 is 2.61 bits per heavy atom. The van der Waals surface area contributed by atoms with Crippen molar-refractivity contribution in [3.05, 3.63) is 0 Å². The van der Waals surface area contributed by atoms with E-state index >= 15 is 0 Å². The van der Waals surface area contributed by atoms with Gasteiger partial charge in [-0.2, -0.15) is 4.31 Å². The lowest BCUT2D eigenvalue weighted by Gasteiger charge is -2.33. The number of rotatable bonds is 6. The molecule has 2 saturated heterocycles. The fourth-order valence-corrected chi connectivity index (χ4v) is 4.30. The van der Waals surface area contributed by atoms with Crippen LogP contribution in [0.1, 0.15) is 32.6 Å². The molecule has 0 aromatic heterocycles. The van der Waals surface area contributed by atoms with Gasteiger partial charge in [0.2, 0.25) is 15.9 Å². The molecule has 0 radical (unpaired) electrons. The number of piperidine rings is 1. The van der Waals surface area contributed by atoms with Gasteiger partial charge in [0.05, 0.1) is 19.5 Å². The van der Waals surface area contributed by atoms with E-state index < -0.39 is 16.1 Å². The van der Waals surface area contributed by atoms with Crippen molar-refractivity contribution in [1.29, 1.82) is 0 Å². The van der Waals surface area contributed by atoms with E-state index in [1.807, 2.05) is 6.92 Å². The van der Waals surface area contributed by atoms with E-state index in [1.165, 1.54) is 10.6 Å². The SMILES string of the molecule is C[C@@H](CCN1CCOCC1)NC(=O)[C@H]1CCCCN1S(C)(=O)=O.